The second-order valence-electron chi connectivity index (χ2n) is 7.46. The average molecular weight is 405 g/mol. The Balaban J connectivity index is 1.36. The van der Waals surface area contributed by atoms with Crippen LogP contribution in [0.4, 0.5) is 4.79 Å². The first kappa shape index (κ1) is 16.9. The molecule has 5 rings (SSSR count). The Morgan fingerprint density at radius 1 is 1.33 bits per heavy atom. The van der Waals surface area contributed by atoms with Crippen molar-refractivity contribution >= 4 is 35.1 Å². The molecule has 2 aromatic rings. The number of fused-ring (bicyclic) bond motifs is 1. The highest BCUT2D eigenvalue weighted by atomic mass is 35.5. The minimum Gasteiger partial charge on any atom is -0.441 e. The predicted octanol–water partition coefficient (Wildman–Crippen LogP) is 2.82. The van der Waals surface area contributed by atoms with Crippen LogP contribution in [0, 0.1) is 5.92 Å². The van der Waals surface area contributed by atoms with E-state index in [9.17, 15) is 9.59 Å². The molecule has 1 N–H and O–H groups in total. The van der Waals surface area contributed by atoms with Crippen molar-refractivity contribution in [3.05, 3.63) is 45.4 Å². The maximum absolute atomic E-state index is 13.0. The van der Waals surface area contributed by atoms with Gasteiger partial charge in [-0.1, -0.05) is 34.3 Å². The molecule has 3 aliphatic rings. The molecule has 1 aliphatic carbocycles. The maximum Gasteiger partial charge on any atom is 0.407 e. The number of hydrogen-bond donors (Lipinski definition) is 1. The third-order valence-electron chi connectivity index (χ3n) is 5.72. The lowest BCUT2D eigenvalue weighted by Gasteiger charge is -2.44. The molecule has 2 aliphatic heterocycles. The molecule has 140 valence electrons. The fourth-order valence-electron chi connectivity index (χ4n) is 4.51. The number of rotatable bonds is 4. The zero-order valence-electron chi connectivity index (χ0n) is 14.4. The minimum atomic E-state index is -0.380. The average Bonchev–Trinajstić information content (AvgIpc) is 3.28. The molecule has 0 radical (unpaired) electrons. The van der Waals surface area contributed by atoms with Gasteiger partial charge in [-0.15, -0.1) is 5.10 Å². The first-order valence-electron chi connectivity index (χ1n) is 8.88. The number of halogens is 1. The lowest BCUT2D eigenvalue weighted by atomic mass is 9.70. The van der Waals surface area contributed by atoms with Gasteiger partial charge in [-0.2, -0.15) is 0 Å². The zero-order valence-corrected chi connectivity index (χ0v) is 15.9. The van der Waals surface area contributed by atoms with Gasteiger partial charge in [0.15, 0.2) is 0 Å². The Hall–Kier alpha value is -2.19. The van der Waals surface area contributed by atoms with Crippen molar-refractivity contribution in [2.24, 2.45) is 5.92 Å². The van der Waals surface area contributed by atoms with Crippen LogP contribution in [-0.2, 0) is 11.2 Å². The maximum atomic E-state index is 13.0. The number of nitrogens with zero attached hydrogens (tertiary/aromatic N) is 3. The van der Waals surface area contributed by atoms with Crippen LogP contribution in [0.1, 0.15) is 40.5 Å². The van der Waals surface area contributed by atoms with Crippen molar-refractivity contribution in [2.45, 2.75) is 30.9 Å². The highest BCUT2D eigenvalue weighted by Gasteiger charge is 2.52. The van der Waals surface area contributed by atoms with Crippen molar-refractivity contribution in [2.75, 3.05) is 13.1 Å². The van der Waals surface area contributed by atoms with E-state index in [-0.39, 0.29) is 23.6 Å². The van der Waals surface area contributed by atoms with E-state index in [1.54, 1.807) is 0 Å². The number of benzene rings is 1. The Morgan fingerprint density at radius 3 is 2.85 bits per heavy atom. The SMILES string of the molecule is O=C1NCC2(CC(CN3C(=O)c4ccccc4C3Cc3nnsc3Cl)C2)O1. The van der Waals surface area contributed by atoms with E-state index in [4.69, 9.17) is 16.3 Å². The number of ether oxygens (including phenoxy) is 1. The molecule has 7 nitrogen and oxygen atoms in total. The smallest absolute Gasteiger partial charge is 0.407 e. The van der Waals surface area contributed by atoms with Gasteiger partial charge >= 0.3 is 6.09 Å². The molecule has 9 heteroatoms. The highest BCUT2D eigenvalue weighted by molar-refractivity contribution is 7.10. The number of carbonyl (C=O) groups excluding carboxylic acids is 2. The Kier molecular flexibility index (Phi) is 3.87. The first-order valence-corrected chi connectivity index (χ1v) is 10.0. The molecule has 27 heavy (non-hydrogen) atoms. The van der Waals surface area contributed by atoms with Gasteiger partial charge in [0, 0.05) is 30.1 Å². The number of nitrogens with one attached hydrogen (secondary N) is 1. The van der Waals surface area contributed by atoms with Crippen LogP contribution in [0.2, 0.25) is 4.34 Å². The molecular formula is C18H17ClN4O3S. The number of aromatic nitrogens is 2. The second-order valence-corrected chi connectivity index (χ2v) is 8.81. The third kappa shape index (κ3) is 2.78. The van der Waals surface area contributed by atoms with Crippen molar-refractivity contribution in [1.82, 2.24) is 19.8 Å². The highest BCUT2D eigenvalue weighted by Crippen LogP contribution is 2.45. The summed E-state index contributed by atoms with van der Waals surface area (Å²) in [4.78, 5) is 26.3. The largest absolute Gasteiger partial charge is 0.441 e. The van der Waals surface area contributed by atoms with Gasteiger partial charge in [-0.05, 0) is 30.4 Å². The Labute approximate surface area is 164 Å². The van der Waals surface area contributed by atoms with Gasteiger partial charge in [0.25, 0.3) is 5.91 Å². The van der Waals surface area contributed by atoms with Gasteiger partial charge in [0.2, 0.25) is 0 Å². The fraction of sp³-hybridized carbons (Fsp3) is 0.444. The third-order valence-corrected chi connectivity index (χ3v) is 6.71. The number of carbonyl (C=O) groups is 2. The number of amides is 2. The van der Waals surface area contributed by atoms with Gasteiger partial charge in [0.05, 0.1) is 18.3 Å². The minimum absolute atomic E-state index is 0.0393. The quantitative estimate of drug-likeness (QED) is 0.847. The van der Waals surface area contributed by atoms with Crippen LogP contribution in [0.3, 0.4) is 0 Å². The van der Waals surface area contributed by atoms with Crippen LogP contribution in [-0.4, -0.2) is 45.2 Å². The molecule has 1 unspecified atom stereocenters. The molecule has 1 spiro atoms. The molecule has 3 heterocycles. The van der Waals surface area contributed by atoms with Crippen LogP contribution < -0.4 is 5.32 Å². The summed E-state index contributed by atoms with van der Waals surface area (Å²) in [5.41, 5.74) is 2.09. The predicted molar refractivity (Wildman–Crippen MR) is 98.8 cm³/mol. The molecule has 1 saturated heterocycles. The van der Waals surface area contributed by atoms with E-state index in [0.29, 0.717) is 29.8 Å². The lowest BCUT2D eigenvalue weighted by molar-refractivity contribution is -0.0554. The summed E-state index contributed by atoms with van der Waals surface area (Å²) >= 11 is 7.36. The van der Waals surface area contributed by atoms with Crippen LogP contribution in [0.15, 0.2) is 24.3 Å². The molecule has 1 atom stereocenters. The van der Waals surface area contributed by atoms with Crippen LogP contribution >= 0.6 is 23.1 Å². The normalized spacial score (nSPS) is 28.9. The van der Waals surface area contributed by atoms with E-state index < -0.39 is 0 Å². The van der Waals surface area contributed by atoms with E-state index in [2.05, 4.69) is 14.9 Å². The summed E-state index contributed by atoms with van der Waals surface area (Å²) in [5, 5.41) is 6.85. The summed E-state index contributed by atoms with van der Waals surface area (Å²) in [7, 11) is 0. The summed E-state index contributed by atoms with van der Waals surface area (Å²) in [6.45, 7) is 1.19. The zero-order chi connectivity index (χ0) is 18.6. The molecule has 2 fully saturated rings. The van der Waals surface area contributed by atoms with Gasteiger partial charge in [-0.25, -0.2) is 4.79 Å². The monoisotopic (exact) mass is 404 g/mol. The van der Waals surface area contributed by atoms with E-state index in [0.717, 1.165) is 41.2 Å². The summed E-state index contributed by atoms with van der Waals surface area (Å²) in [5.74, 6) is 0.347. The van der Waals surface area contributed by atoms with Crippen LogP contribution in [0.25, 0.3) is 0 Å². The summed E-state index contributed by atoms with van der Waals surface area (Å²) in [6, 6.07) is 7.60. The molecule has 1 aromatic heterocycles. The second kappa shape index (κ2) is 6.17. The fourth-order valence-corrected chi connectivity index (χ4v) is 5.16. The van der Waals surface area contributed by atoms with Crippen molar-refractivity contribution in [1.29, 1.82) is 0 Å². The summed E-state index contributed by atoms with van der Waals surface area (Å²) in [6.07, 6.45) is 1.75. The van der Waals surface area contributed by atoms with Crippen molar-refractivity contribution in [3.8, 4) is 0 Å². The van der Waals surface area contributed by atoms with Gasteiger partial charge in [-0.3, -0.25) is 4.79 Å². The lowest BCUT2D eigenvalue weighted by Crippen LogP contribution is -2.51. The molecule has 0 bridgehead atoms. The molecule has 2 amide bonds. The van der Waals surface area contributed by atoms with E-state index >= 15 is 0 Å². The topological polar surface area (TPSA) is 84.4 Å². The van der Waals surface area contributed by atoms with Crippen molar-refractivity contribution in [3.63, 3.8) is 0 Å². The summed E-state index contributed by atoms with van der Waals surface area (Å²) < 4.78 is 9.88. The molecule has 1 saturated carbocycles. The van der Waals surface area contributed by atoms with E-state index in [1.807, 2.05) is 29.2 Å². The Morgan fingerprint density at radius 2 is 2.15 bits per heavy atom. The molecule has 1 aromatic carbocycles. The Bertz CT molecular complexity index is 927. The van der Waals surface area contributed by atoms with Gasteiger partial charge < -0.3 is 15.0 Å². The molecular weight excluding hydrogens is 388 g/mol. The first-order chi connectivity index (χ1) is 13.0. The van der Waals surface area contributed by atoms with Crippen molar-refractivity contribution < 1.29 is 14.3 Å². The van der Waals surface area contributed by atoms with E-state index in [1.165, 1.54) is 0 Å². The standard InChI is InChI=1S/C18H17ClN4O3S/c19-15-13(21-22-27-15)5-14-11-3-1-2-4-12(11)16(24)23(14)8-10-6-18(7-10)9-20-17(25)26-18/h1-4,10,14H,5-9H2,(H,20,25). The number of hydrogen-bond acceptors (Lipinski definition) is 6. The van der Waals surface area contributed by atoms with Gasteiger partial charge in [0.1, 0.15) is 9.94 Å². The number of alkyl carbamates (subject to hydrolysis) is 1. The van der Waals surface area contributed by atoms with Crippen LogP contribution in [0.5, 0.6) is 0 Å².